The second-order valence-electron chi connectivity index (χ2n) is 5.77. The molecule has 0 spiro atoms. The van der Waals surface area contributed by atoms with Gasteiger partial charge in [0, 0.05) is 10.8 Å². The summed E-state index contributed by atoms with van der Waals surface area (Å²) in [5.74, 6) is -1.55. The van der Waals surface area contributed by atoms with Gasteiger partial charge in [-0.2, -0.15) is 0 Å². The molecule has 2 aliphatic rings. The van der Waals surface area contributed by atoms with Gasteiger partial charge in [-0.15, -0.1) is 0 Å². The molecule has 1 aromatic carbocycles. The fraction of sp³-hybridized carbons (Fsp3) is 0.278. The van der Waals surface area contributed by atoms with E-state index in [4.69, 9.17) is 4.74 Å². The van der Waals surface area contributed by atoms with Gasteiger partial charge in [0.25, 0.3) is 0 Å². The molecular formula is C18H18N2O4. The minimum Gasteiger partial charge on any atom is -0.464 e. The summed E-state index contributed by atoms with van der Waals surface area (Å²) in [5.41, 5.74) is 1.54. The highest BCUT2D eigenvalue weighted by molar-refractivity contribution is 5.76. The van der Waals surface area contributed by atoms with Gasteiger partial charge in [0.1, 0.15) is 0 Å². The van der Waals surface area contributed by atoms with Gasteiger partial charge in [0.15, 0.2) is 0 Å². The molecule has 0 radical (unpaired) electrons. The zero-order valence-corrected chi connectivity index (χ0v) is 13.2. The lowest BCUT2D eigenvalue weighted by atomic mass is 9.77. The van der Waals surface area contributed by atoms with Crippen LogP contribution in [-0.2, 0) is 9.53 Å². The molecule has 1 aliphatic heterocycles. The third kappa shape index (κ3) is 2.82. The van der Waals surface area contributed by atoms with Crippen LogP contribution in [0.15, 0.2) is 66.4 Å². The Balaban J connectivity index is 2.06. The van der Waals surface area contributed by atoms with Gasteiger partial charge >= 0.3 is 12.0 Å². The van der Waals surface area contributed by atoms with E-state index in [9.17, 15) is 14.9 Å². The Kier molecular flexibility index (Phi) is 4.46. The minimum atomic E-state index is -1.48. The second-order valence-corrected chi connectivity index (χ2v) is 5.77. The van der Waals surface area contributed by atoms with Crippen molar-refractivity contribution < 1.29 is 14.5 Å². The van der Waals surface area contributed by atoms with Crippen LogP contribution >= 0.6 is 0 Å². The molecule has 124 valence electrons. The highest BCUT2D eigenvalue weighted by atomic mass is 16.6. The fourth-order valence-corrected chi connectivity index (χ4v) is 3.35. The van der Waals surface area contributed by atoms with E-state index < -0.39 is 22.9 Å². The van der Waals surface area contributed by atoms with Crippen LogP contribution in [-0.4, -0.2) is 30.1 Å². The van der Waals surface area contributed by atoms with Crippen LogP contribution in [0, 0.1) is 16.0 Å². The lowest BCUT2D eigenvalue weighted by Gasteiger charge is -2.26. The Hall–Kier alpha value is -2.89. The van der Waals surface area contributed by atoms with Crippen LogP contribution in [0.4, 0.5) is 0 Å². The maximum atomic E-state index is 12.1. The first-order valence-electron chi connectivity index (χ1n) is 7.70. The highest BCUT2D eigenvalue weighted by Crippen LogP contribution is 2.39. The van der Waals surface area contributed by atoms with Crippen molar-refractivity contribution in [3.8, 4) is 0 Å². The first-order valence-corrected chi connectivity index (χ1v) is 7.70. The van der Waals surface area contributed by atoms with Gasteiger partial charge in [-0.3, -0.25) is 10.1 Å². The average Bonchev–Trinajstić information content (AvgIpc) is 3.03. The first kappa shape index (κ1) is 16.0. The van der Waals surface area contributed by atoms with Crippen molar-refractivity contribution in [2.45, 2.75) is 18.0 Å². The number of hydrogen-bond acceptors (Lipinski definition) is 5. The number of allylic oxidation sites excluding steroid dienone is 2. The molecule has 4 atom stereocenters. The Morgan fingerprint density at radius 3 is 2.62 bits per heavy atom. The number of carbonyl (C=O) groups is 1. The summed E-state index contributed by atoms with van der Waals surface area (Å²) < 4.78 is 4.71. The van der Waals surface area contributed by atoms with Crippen molar-refractivity contribution >= 4 is 5.97 Å². The Morgan fingerprint density at radius 2 is 1.96 bits per heavy atom. The van der Waals surface area contributed by atoms with Crippen molar-refractivity contribution in [3.05, 3.63) is 82.1 Å². The number of ether oxygens (including phenoxy) is 1. The van der Waals surface area contributed by atoms with Gasteiger partial charge in [-0.1, -0.05) is 54.6 Å². The zero-order chi connectivity index (χ0) is 17.1. The smallest absolute Gasteiger partial charge is 0.382 e. The maximum Gasteiger partial charge on any atom is 0.382 e. The van der Waals surface area contributed by atoms with Crippen molar-refractivity contribution in [2.24, 2.45) is 5.92 Å². The number of methoxy groups -OCH3 is 1. The molecule has 0 fully saturated rings. The molecule has 0 saturated carbocycles. The number of benzene rings is 1. The number of nitrogens with zero attached hydrogens (tertiary/aromatic N) is 1. The SMILES string of the molecule is COC(=O)C(C(C1=CNC2C=CC=CC12)c1ccccc1)[N+](=O)[O-]. The number of carbonyl (C=O) groups excluding carboxylic acids is 1. The van der Waals surface area contributed by atoms with Crippen LogP contribution in [0.2, 0.25) is 0 Å². The van der Waals surface area contributed by atoms with Gasteiger partial charge < -0.3 is 10.1 Å². The monoisotopic (exact) mass is 326 g/mol. The van der Waals surface area contributed by atoms with Gasteiger partial charge in [0.2, 0.25) is 0 Å². The molecule has 0 amide bonds. The van der Waals surface area contributed by atoms with E-state index in [0.29, 0.717) is 0 Å². The summed E-state index contributed by atoms with van der Waals surface area (Å²) in [7, 11) is 1.17. The zero-order valence-electron chi connectivity index (χ0n) is 13.2. The lowest BCUT2D eigenvalue weighted by Crippen LogP contribution is -2.39. The summed E-state index contributed by atoms with van der Waals surface area (Å²) >= 11 is 0. The molecule has 6 heteroatoms. The molecule has 1 N–H and O–H groups in total. The summed E-state index contributed by atoms with van der Waals surface area (Å²) in [6.07, 6.45) is 9.67. The van der Waals surface area contributed by atoms with Gasteiger partial charge in [-0.25, -0.2) is 4.79 Å². The largest absolute Gasteiger partial charge is 0.464 e. The molecule has 24 heavy (non-hydrogen) atoms. The molecule has 1 heterocycles. The van der Waals surface area contributed by atoms with Crippen molar-refractivity contribution in [3.63, 3.8) is 0 Å². The predicted octanol–water partition coefficient (Wildman–Crippen LogP) is 2.19. The quantitative estimate of drug-likeness (QED) is 0.509. The van der Waals surface area contributed by atoms with E-state index >= 15 is 0 Å². The van der Waals surface area contributed by atoms with Crippen molar-refractivity contribution in [2.75, 3.05) is 7.11 Å². The average molecular weight is 326 g/mol. The third-order valence-corrected chi connectivity index (χ3v) is 4.47. The molecule has 0 aromatic heterocycles. The number of esters is 1. The van der Waals surface area contributed by atoms with Crippen molar-refractivity contribution in [1.82, 2.24) is 5.32 Å². The van der Waals surface area contributed by atoms with Crippen LogP contribution in [0.3, 0.4) is 0 Å². The molecule has 3 rings (SSSR count). The Morgan fingerprint density at radius 1 is 1.25 bits per heavy atom. The van der Waals surface area contributed by atoms with E-state index in [0.717, 1.165) is 11.1 Å². The molecule has 4 unspecified atom stereocenters. The lowest BCUT2D eigenvalue weighted by molar-refractivity contribution is -0.513. The molecule has 0 saturated heterocycles. The van der Waals surface area contributed by atoms with Crippen molar-refractivity contribution in [1.29, 1.82) is 0 Å². The molecule has 1 aromatic rings. The molecule has 6 nitrogen and oxygen atoms in total. The van der Waals surface area contributed by atoms with E-state index in [1.807, 2.05) is 42.5 Å². The number of rotatable bonds is 5. The van der Waals surface area contributed by atoms with E-state index in [-0.39, 0.29) is 12.0 Å². The van der Waals surface area contributed by atoms with Crippen LogP contribution in [0.1, 0.15) is 11.5 Å². The van der Waals surface area contributed by atoms with Crippen LogP contribution in [0.5, 0.6) is 0 Å². The normalized spacial score (nSPS) is 23.6. The summed E-state index contributed by atoms with van der Waals surface area (Å²) in [6, 6.07) is 7.65. The minimum absolute atomic E-state index is 0.0210. The third-order valence-electron chi connectivity index (χ3n) is 4.47. The number of hydrogen-bond donors (Lipinski definition) is 1. The second kappa shape index (κ2) is 6.70. The first-order chi connectivity index (χ1) is 11.6. The predicted molar refractivity (Wildman–Crippen MR) is 88.8 cm³/mol. The van der Waals surface area contributed by atoms with E-state index in [2.05, 4.69) is 5.32 Å². The topological polar surface area (TPSA) is 81.5 Å². The Bertz CT molecular complexity index is 724. The maximum absolute atomic E-state index is 12.1. The Labute approximate surface area is 139 Å². The fourth-order valence-electron chi connectivity index (χ4n) is 3.35. The molecule has 1 aliphatic carbocycles. The summed E-state index contributed by atoms with van der Waals surface area (Å²) in [5, 5.41) is 14.9. The number of fused-ring (bicyclic) bond motifs is 1. The standard InChI is InChI=1S/C18H18N2O4/c1-24-18(21)17(20(22)23)16(12-7-3-2-4-8-12)14-11-19-15-10-6-5-9-13(14)15/h2-11,13,15-17,19H,1H3. The highest BCUT2D eigenvalue weighted by Gasteiger charge is 2.46. The summed E-state index contributed by atoms with van der Waals surface area (Å²) in [4.78, 5) is 23.2. The number of nitro groups is 1. The molecular weight excluding hydrogens is 308 g/mol. The van der Waals surface area contributed by atoms with Gasteiger partial charge in [-0.05, 0) is 17.3 Å². The van der Waals surface area contributed by atoms with Gasteiger partial charge in [0.05, 0.1) is 19.1 Å². The number of nitrogens with one attached hydrogen (secondary N) is 1. The van der Waals surface area contributed by atoms with Crippen LogP contribution < -0.4 is 5.32 Å². The summed E-state index contributed by atoms with van der Waals surface area (Å²) in [6.45, 7) is 0. The van der Waals surface area contributed by atoms with E-state index in [1.54, 1.807) is 18.3 Å². The van der Waals surface area contributed by atoms with E-state index in [1.165, 1.54) is 7.11 Å². The van der Waals surface area contributed by atoms with Crippen LogP contribution in [0.25, 0.3) is 0 Å². The molecule has 0 bridgehead atoms.